The van der Waals surface area contributed by atoms with Gasteiger partial charge >= 0.3 is 0 Å². The average molecular weight is 352 g/mol. The van der Waals surface area contributed by atoms with Crippen LogP contribution in [0.25, 0.3) is 11.4 Å². The molecule has 1 atom stereocenters. The summed E-state index contributed by atoms with van der Waals surface area (Å²) >= 11 is 7.17. The SMILES string of the molecule is CC(Sc1n[nH]c(-c2ccccc2F)n1)c1ccc(F)c(Cl)c1. The van der Waals surface area contributed by atoms with Gasteiger partial charge in [0.2, 0.25) is 5.16 Å². The maximum absolute atomic E-state index is 13.7. The van der Waals surface area contributed by atoms with Crippen LogP contribution in [-0.2, 0) is 0 Å². The van der Waals surface area contributed by atoms with E-state index < -0.39 is 5.82 Å². The molecule has 0 bridgehead atoms. The molecule has 1 aromatic heterocycles. The van der Waals surface area contributed by atoms with Gasteiger partial charge < -0.3 is 0 Å². The summed E-state index contributed by atoms with van der Waals surface area (Å²) in [6.07, 6.45) is 0. The zero-order valence-electron chi connectivity index (χ0n) is 12.1. The molecule has 1 unspecified atom stereocenters. The third-order valence-electron chi connectivity index (χ3n) is 3.29. The summed E-state index contributed by atoms with van der Waals surface area (Å²) in [4.78, 5) is 4.30. The third kappa shape index (κ3) is 3.54. The number of nitrogens with one attached hydrogen (secondary N) is 1. The molecule has 0 aliphatic heterocycles. The Morgan fingerprint density at radius 3 is 2.65 bits per heavy atom. The van der Waals surface area contributed by atoms with Gasteiger partial charge in [0.25, 0.3) is 0 Å². The monoisotopic (exact) mass is 351 g/mol. The highest BCUT2D eigenvalue weighted by atomic mass is 35.5. The predicted octanol–water partition coefficient (Wildman–Crippen LogP) is 5.26. The molecule has 0 saturated heterocycles. The molecule has 3 rings (SSSR count). The molecule has 118 valence electrons. The molecular weight excluding hydrogens is 340 g/mol. The van der Waals surface area contributed by atoms with Crippen LogP contribution in [0, 0.1) is 11.6 Å². The molecule has 23 heavy (non-hydrogen) atoms. The van der Waals surface area contributed by atoms with Crippen molar-refractivity contribution in [2.45, 2.75) is 17.3 Å². The molecule has 0 radical (unpaired) electrons. The highest BCUT2D eigenvalue weighted by Gasteiger charge is 2.15. The fraction of sp³-hybridized carbons (Fsp3) is 0.125. The molecular formula is C16H12ClF2N3S. The summed E-state index contributed by atoms with van der Waals surface area (Å²) in [5.41, 5.74) is 1.22. The van der Waals surface area contributed by atoms with E-state index in [-0.39, 0.29) is 16.1 Å². The van der Waals surface area contributed by atoms with Crippen LogP contribution in [-0.4, -0.2) is 15.2 Å². The first kappa shape index (κ1) is 16.0. The number of hydrogen-bond donors (Lipinski definition) is 1. The van der Waals surface area contributed by atoms with Crippen LogP contribution in [0.1, 0.15) is 17.7 Å². The van der Waals surface area contributed by atoms with Crippen molar-refractivity contribution in [3.8, 4) is 11.4 Å². The molecule has 0 fully saturated rings. The molecule has 7 heteroatoms. The Balaban J connectivity index is 1.78. The van der Waals surface area contributed by atoms with Crippen LogP contribution in [0.15, 0.2) is 47.6 Å². The Labute approximate surface area is 141 Å². The van der Waals surface area contributed by atoms with Crippen molar-refractivity contribution in [3.63, 3.8) is 0 Å². The van der Waals surface area contributed by atoms with Crippen molar-refractivity contribution >= 4 is 23.4 Å². The van der Waals surface area contributed by atoms with E-state index in [9.17, 15) is 8.78 Å². The number of benzene rings is 2. The van der Waals surface area contributed by atoms with Crippen LogP contribution in [0.4, 0.5) is 8.78 Å². The Morgan fingerprint density at radius 1 is 1.13 bits per heavy atom. The number of halogens is 3. The predicted molar refractivity (Wildman–Crippen MR) is 87.5 cm³/mol. The minimum atomic E-state index is -0.452. The summed E-state index contributed by atoms with van der Waals surface area (Å²) in [5.74, 6) is -0.444. The van der Waals surface area contributed by atoms with E-state index in [1.165, 1.54) is 23.9 Å². The number of aromatic amines is 1. The molecule has 0 aliphatic carbocycles. The minimum Gasteiger partial charge on any atom is -0.258 e. The van der Waals surface area contributed by atoms with Gasteiger partial charge in [0, 0.05) is 5.25 Å². The van der Waals surface area contributed by atoms with Gasteiger partial charge in [-0.3, -0.25) is 5.10 Å². The van der Waals surface area contributed by atoms with Crippen LogP contribution >= 0.6 is 23.4 Å². The lowest BCUT2D eigenvalue weighted by Crippen LogP contribution is -1.91. The lowest BCUT2D eigenvalue weighted by molar-refractivity contribution is 0.627. The fourth-order valence-corrected chi connectivity index (χ4v) is 3.09. The zero-order valence-corrected chi connectivity index (χ0v) is 13.6. The third-order valence-corrected chi connectivity index (χ3v) is 4.60. The van der Waals surface area contributed by atoms with E-state index in [2.05, 4.69) is 15.2 Å². The zero-order chi connectivity index (χ0) is 16.4. The van der Waals surface area contributed by atoms with Gasteiger partial charge in [-0.1, -0.05) is 41.6 Å². The van der Waals surface area contributed by atoms with E-state index in [1.807, 2.05) is 6.92 Å². The van der Waals surface area contributed by atoms with Gasteiger partial charge in [0.05, 0.1) is 10.6 Å². The van der Waals surface area contributed by atoms with Gasteiger partial charge in [-0.25, -0.2) is 13.8 Å². The highest BCUT2D eigenvalue weighted by Crippen LogP contribution is 2.35. The first-order valence-electron chi connectivity index (χ1n) is 6.83. The van der Waals surface area contributed by atoms with Gasteiger partial charge in [-0.15, -0.1) is 5.10 Å². The molecule has 0 spiro atoms. The van der Waals surface area contributed by atoms with E-state index in [0.29, 0.717) is 16.5 Å². The first-order chi connectivity index (χ1) is 11.0. The van der Waals surface area contributed by atoms with Gasteiger partial charge in [0.1, 0.15) is 11.6 Å². The lowest BCUT2D eigenvalue weighted by Gasteiger charge is -2.09. The smallest absolute Gasteiger partial charge is 0.209 e. The van der Waals surface area contributed by atoms with Gasteiger partial charge in [-0.2, -0.15) is 0 Å². The van der Waals surface area contributed by atoms with Crippen LogP contribution < -0.4 is 0 Å². The molecule has 3 aromatic rings. The van der Waals surface area contributed by atoms with Gasteiger partial charge in [0.15, 0.2) is 5.82 Å². The molecule has 1 heterocycles. The second-order valence-electron chi connectivity index (χ2n) is 4.88. The lowest BCUT2D eigenvalue weighted by atomic mass is 10.2. The standard InChI is InChI=1S/C16H12ClF2N3S/c1-9(10-6-7-14(19)12(17)8-10)23-16-20-15(21-22-16)11-4-2-3-5-13(11)18/h2-9H,1H3,(H,20,21,22). The van der Waals surface area contributed by atoms with Crippen molar-refractivity contribution in [3.05, 3.63) is 64.7 Å². The fourth-order valence-electron chi connectivity index (χ4n) is 2.06. The molecule has 2 aromatic carbocycles. The number of rotatable bonds is 4. The Bertz CT molecular complexity index is 838. The maximum Gasteiger partial charge on any atom is 0.209 e. The largest absolute Gasteiger partial charge is 0.258 e. The van der Waals surface area contributed by atoms with Crippen molar-refractivity contribution < 1.29 is 8.78 Å². The van der Waals surface area contributed by atoms with Crippen molar-refractivity contribution in [2.24, 2.45) is 0 Å². The number of hydrogen-bond acceptors (Lipinski definition) is 3. The van der Waals surface area contributed by atoms with E-state index >= 15 is 0 Å². The Hall–Kier alpha value is -1.92. The summed E-state index contributed by atoms with van der Waals surface area (Å²) < 4.78 is 27.0. The Morgan fingerprint density at radius 2 is 1.91 bits per heavy atom. The summed E-state index contributed by atoms with van der Waals surface area (Å²) in [5, 5.41) is 7.36. The van der Waals surface area contributed by atoms with Crippen molar-refractivity contribution in [2.75, 3.05) is 0 Å². The Kier molecular flexibility index (Phi) is 4.63. The summed E-state index contributed by atoms with van der Waals surface area (Å²) in [7, 11) is 0. The number of nitrogens with zero attached hydrogens (tertiary/aromatic N) is 2. The second-order valence-corrected chi connectivity index (χ2v) is 6.60. The van der Waals surface area contributed by atoms with Crippen LogP contribution in [0.5, 0.6) is 0 Å². The van der Waals surface area contributed by atoms with E-state index in [4.69, 9.17) is 11.6 Å². The maximum atomic E-state index is 13.7. The molecule has 0 saturated carbocycles. The quantitative estimate of drug-likeness (QED) is 0.652. The van der Waals surface area contributed by atoms with Crippen molar-refractivity contribution in [1.29, 1.82) is 0 Å². The second kappa shape index (κ2) is 6.68. The average Bonchev–Trinajstić information content (AvgIpc) is 2.98. The normalized spacial score (nSPS) is 12.3. The van der Waals surface area contributed by atoms with Gasteiger partial charge in [-0.05, 0) is 36.8 Å². The summed E-state index contributed by atoms with van der Waals surface area (Å²) in [6.45, 7) is 1.94. The number of thioether (sulfide) groups is 1. The van der Waals surface area contributed by atoms with Crippen LogP contribution in [0.2, 0.25) is 5.02 Å². The molecule has 0 aliphatic rings. The first-order valence-corrected chi connectivity index (χ1v) is 8.09. The van der Waals surface area contributed by atoms with E-state index in [0.717, 1.165) is 5.56 Å². The number of H-pyrrole nitrogens is 1. The molecule has 0 amide bonds. The van der Waals surface area contributed by atoms with E-state index in [1.54, 1.807) is 30.3 Å². The van der Waals surface area contributed by atoms with Crippen LogP contribution in [0.3, 0.4) is 0 Å². The summed E-state index contributed by atoms with van der Waals surface area (Å²) in [6, 6.07) is 10.9. The van der Waals surface area contributed by atoms with Crippen molar-refractivity contribution in [1.82, 2.24) is 15.2 Å². The minimum absolute atomic E-state index is 0.0302. The highest BCUT2D eigenvalue weighted by molar-refractivity contribution is 7.99. The topological polar surface area (TPSA) is 41.6 Å². The number of aromatic nitrogens is 3. The molecule has 3 nitrogen and oxygen atoms in total. The molecule has 1 N–H and O–H groups in total.